The number of aliphatic hydroxyl groups is 1. The number of fused-ring (bicyclic) bond motifs is 1. The van der Waals surface area contributed by atoms with Gasteiger partial charge in [0.25, 0.3) is 0 Å². The van der Waals surface area contributed by atoms with Gasteiger partial charge in [-0.3, -0.25) is 10.2 Å². The van der Waals surface area contributed by atoms with Crippen molar-refractivity contribution in [3.8, 4) is 0 Å². The first-order valence-corrected chi connectivity index (χ1v) is 9.13. The summed E-state index contributed by atoms with van der Waals surface area (Å²) < 4.78 is 0. The van der Waals surface area contributed by atoms with E-state index in [2.05, 4.69) is 0 Å². The largest absolute Gasteiger partial charge is 0.477 e. The molecule has 3 aliphatic heterocycles. The number of aliphatic carboxylic acids is 1. The molecular weight excluding hydrogens is 330 g/mol. The quantitative estimate of drug-likeness (QED) is 0.397. The zero-order chi connectivity index (χ0) is 17.6. The van der Waals surface area contributed by atoms with Gasteiger partial charge in [-0.1, -0.05) is 0 Å². The Hall–Kier alpha value is -1.54. The number of rotatable bonds is 4. The van der Waals surface area contributed by atoms with Crippen LogP contribution in [-0.2, 0) is 9.59 Å². The third-order valence-electron chi connectivity index (χ3n) is 5.12. The molecule has 3 heterocycles. The highest BCUT2D eigenvalue weighted by atomic mass is 32.2. The van der Waals surface area contributed by atoms with E-state index in [1.54, 1.807) is 25.6 Å². The molecule has 132 valence electrons. The molecule has 0 unspecified atom stereocenters. The molecule has 8 heteroatoms. The molecule has 0 aromatic heterocycles. The van der Waals surface area contributed by atoms with Gasteiger partial charge in [-0.2, -0.15) is 0 Å². The van der Waals surface area contributed by atoms with Gasteiger partial charge in [0, 0.05) is 29.7 Å². The highest BCUT2D eigenvalue weighted by Crippen LogP contribution is 2.48. The van der Waals surface area contributed by atoms with Gasteiger partial charge >= 0.3 is 5.97 Å². The Morgan fingerprint density at radius 2 is 2.00 bits per heavy atom. The minimum atomic E-state index is -1.06. The smallest absolute Gasteiger partial charge is 0.353 e. The number of hydrogen-bond donors (Lipinski definition) is 3. The van der Waals surface area contributed by atoms with Crippen molar-refractivity contribution >= 4 is 29.5 Å². The molecule has 3 rings (SSSR count). The van der Waals surface area contributed by atoms with Crippen molar-refractivity contribution in [3.63, 3.8) is 0 Å². The molecule has 0 radical (unpaired) electrons. The Bertz CT molecular complexity index is 610. The van der Waals surface area contributed by atoms with Crippen LogP contribution in [0.4, 0.5) is 0 Å². The molecule has 0 saturated carbocycles. The molecule has 0 aliphatic carbocycles. The van der Waals surface area contributed by atoms with E-state index in [1.807, 2.05) is 4.90 Å². The van der Waals surface area contributed by atoms with Crippen LogP contribution >= 0.6 is 11.8 Å². The summed E-state index contributed by atoms with van der Waals surface area (Å²) in [5.41, 5.74) is 0.109. The van der Waals surface area contributed by atoms with Crippen LogP contribution in [-0.4, -0.2) is 68.2 Å². The van der Waals surface area contributed by atoms with Crippen LogP contribution in [0.1, 0.15) is 33.1 Å². The molecule has 2 saturated heterocycles. The third kappa shape index (κ3) is 2.82. The maximum Gasteiger partial charge on any atom is 0.353 e. The van der Waals surface area contributed by atoms with E-state index in [0.29, 0.717) is 17.5 Å². The Labute approximate surface area is 145 Å². The van der Waals surface area contributed by atoms with Gasteiger partial charge in [-0.05, 0) is 26.7 Å². The van der Waals surface area contributed by atoms with Crippen molar-refractivity contribution < 1.29 is 19.8 Å². The number of carbonyl (C=O) groups excluding carboxylic acids is 1. The number of amidine groups is 1. The molecule has 2 fully saturated rings. The zero-order valence-electron chi connectivity index (χ0n) is 13.9. The van der Waals surface area contributed by atoms with Gasteiger partial charge in [0.05, 0.1) is 23.9 Å². The summed E-state index contributed by atoms with van der Waals surface area (Å²) in [4.78, 5) is 28.0. The molecule has 7 nitrogen and oxygen atoms in total. The number of carboxylic acids is 1. The van der Waals surface area contributed by atoms with Gasteiger partial charge in [-0.25, -0.2) is 4.79 Å². The SMILES string of the molecule is CC(=N)N1CCC(SC2=C(C(=O)O)N3C(=O)[C@H]([C@@H](C)O)[C@@H]3C2)CC1. The van der Waals surface area contributed by atoms with Crippen molar-refractivity contribution in [2.75, 3.05) is 13.1 Å². The molecule has 1 amide bonds. The van der Waals surface area contributed by atoms with E-state index in [9.17, 15) is 19.8 Å². The lowest BCUT2D eigenvalue weighted by Crippen LogP contribution is -2.61. The van der Waals surface area contributed by atoms with Crippen molar-refractivity contribution in [1.82, 2.24) is 9.80 Å². The maximum absolute atomic E-state index is 12.2. The molecule has 24 heavy (non-hydrogen) atoms. The average Bonchev–Trinajstić information content (AvgIpc) is 2.81. The summed E-state index contributed by atoms with van der Waals surface area (Å²) >= 11 is 1.57. The van der Waals surface area contributed by atoms with Gasteiger partial charge in [0.1, 0.15) is 5.70 Å². The number of carboxylic acid groups (broad SMARTS) is 1. The van der Waals surface area contributed by atoms with E-state index in [1.165, 1.54) is 4.90 Å². The minimum Gasteiger partial charge on any atom is -0.477 e. The first-order valence-electron chi connectivity index (χ1n) is 8.25. The van der Waals surface area contributed by atoms with Crippen LogP contribution in [0.5, 0.6) is 0 Å². The molecule has 0 aromatic rings. The predicted molar refractivity (Wildman–Crippen MR) is 90.7 cm³/mol. The average molecular weight is 353 g/mol. The first-order chi connectivity index (χ1) is 11.3. The predicted octanol–water partition coefficient (Wildman–Crippen LogP) is 1.09. The number of thioether (sulfide) groups is 1. The molecule has 0 aromatic carbocycles. The normalized spacial score (nSPS) is 28.7. The highest BCUT2D eigenvalue weighted by Gasteiger charge is 2.56. The van der Waals surface area contributed by atoms with Gasteiger partial charge < -0.3 is 20.0 Å². The highest BCUT2D eigenvalue weighted by molar-refractivity contribution is 8.03. The number of amides is 1. The van der Waals surface area contributed by atoms with Crippen molar-refractivity contribution in [2.24, 2.45) is 5.92 Å². The van der Waals surface area contributed by atoms with Crippen LogP contribution in [0.25, 0.3) is 0 Å². The van der Waals surface area contributed by atoms with Crippen molar-refractivity contribution in [1.29, 1.82) is 5.41 Å². The summed E-state index contributed by atoms with van der Waals surface area (Å²) in [6.07, 6.45) is 1.57. The van der Waals surface area contributed by atoms with Crippen LogP contribution in [0.2, 0.25) is 0 Å². The first kappa shape index (κ1) is 17.3. The number of likely N-dealkylation sites (tertiary alicyclic amines) is 1. The van der Waals surface area contributed by atoms with Gasteiger partial charge in [0.15, 0.2) is 0 Å². The van der Waals surface area contributed by atoms with E-state index < -0.39 is 18.0 Å². The number of nitrogens with one attached hydrogen (secondary N) is 1. The van der Waals surface area contributed by atoms with Crippen LogP contribution in [0.3, 0.4) is 0 Å². The summed E-state index contributed by atoms with van der Waals surface area (Å²) in [5, 5.41) is 27.3. The second-order valence-corrected chi connectivity index (χ2v) is 8.11. The topological polar surface area (TPSA) is 105 Å². The Morgan fingerprint density at radius 3 is 2.50 bits per heavy atom. The van der Waals surface area contributed by atoms with Crippen LogP contribution in [0, 0.1) is 11.3 Å². The molecule has 3 aliphatic rings. The van der Waals surface area contributed by atoms with Crippen LogP contribution in [0.15, 0.2) is 10.6 Å². The molecule has 3 N–H and O–H groups in total. The van der Waals surface area contributed by atoms with E-state index in [-0.39, 0.29) is 17.6 Å². The maximum atomic E-state index is 12.2. The lowest BCUT2D eigenvalue weighted by atomic mass is 9.83. The summed E-state index contributed by atoms with van der Waals surface area (Å²) in [7, 11) is 0. The van der Waals surface area contributed by atoms with E-state index >= 15 is 0 Å². The van der Waals surface area contributed by atoms with Crippen molar-refractivity contribution in [3.05, 3.63) is 10.6 Å². The fraction of sp³-hybridized carbons (Fsp3) is 0.688. The second-order valence-electron chi connectivity index (χ2n) is 6.71. The van der Waals surface area contributed by atoms with E-state index in [0.717, 1.165) is 30.8 Å². The molecule has 0 spiro atoms. The summed E-state index contributed by atoms with van der Waals surface area (Å²) in [5.74, 6) is -1.26. The van der Waals surface area contributed by atoms with Crippen molar-refractivity contribution in [2.45, 2.75) is 50.5 Å². The Balaban J connectivity index is 1.70. The van der Waals surface area contributed by atoms with Crippen LogP contribution < -0.4 is 0 Å². The lowest BCUT2D eigenvalue weighted by molar-refractivity contribution is -0.161. The Morgan fingerprint density at radius 1 is 1.38 bits per heavy atom. The number of piperidine rings is 1. The number of nitrogens with zero attached hydrogens (tertiary/aromatic N) is 2. The third-order valence-corrected chi connectivity index (χ3v) is 6.57. The standard InChI is InChI=1S/C16H23N3O4S/c1-8(20)13-11-7-12(14(16(22)23)19(11)15(13)21)24-10-3-5-18(6-4-10)9(2)17/h8,10-11,13,17,20H,3-7H2,1-2H3,(H,22,23)/t8-,11+,13-/m1/s1. The fourth-order valence-corrected chi connectivity index (χ4v) is 5.26. The summed E-state index contributed by atoms with van der Waals surface area (Å²) in [6, 6.07) is -0.213. The lowest BCUT2D eigenvalue weighted by Gasteiger charge is -2.44. The molecular formula is C16H23N3O4S. The zero-order valence-corrected chi connectivity index (χ0v) is 14.7. The van der Waals surface area contributed by atoms with E-state index in [4.69, 9.17) is 5.41 Å². The molecule has 3 atom stereocenters. The number of carbonyl (C=O) groups is 2. The second kappa shape index (κ2) is 6.40. The molecule has 0 bridgehead atoms. The summed E-state index contributed by atoms with van der Waals surface area (Å²) in [6.45, 7) is 4.99. The monoisotopic (exact) mass is 353 g/mol. The van der Waals surface area contributed by atoms with Gasteiger partial charge in [-0.15, -0.1) is 11.8 Å². The number of hydrogen-bond acceptors (Lipinski definition) is 5. The number of β-lactam (4-membered cyclic amide) rings is 1. The fourth-order valence-electron chi connectivity index (χ4n) is 3.85. The van der Waals surface area contributed by atoms with Gasteiger partial charge in [0.2, 0.25) is 5.91 Å². The Kier molecular flexibility index (Phi) is 4.61. The minimum absolute atomic E-state index is 0.109. The number of aliphatic hydroxyl groups excluding tert-OH is 1.